The van der Waals surface area contributed by atoms with E-state index in [1.54, 1.807) is 41.9 Å². The molecule has 0 atom stereocenters. The lowest BCUT2D eigenvalue weighted by atomic mass is 9.85. The maximum Gasteiger partial charge on any atom is 0.336 e. The van der Waals surface area contributed by atoms with Gasteiger partial charge in [0.25, 0.3) is 0 Å². The Balaban J connectivity index is 1.96. The zero-order chi connectivity index (χ0) is 28.1. The van der Waals surface area contributed by atoms with E-state index in [2.05, 4.69) is 5.32 Å². The fourth-order valence-corrected chi connectivity index (χ4v) is 5.76. The molecule has 3 aromatic rings. The van der Waals surface area contributed by atoms with Crippen molar-refractivity contribution in [2.45, 2.75) is 33.6 Å². The molecule has 8 nitrogen and oxygen atoms in total. The SMILES string of the molecule is CCOC(=O)C1=C(C)NC(C)=C(C(=O)OCC)C1c1nc(-c2ccc(OC)cc2)c(-c2ccc(OC)cc2)s1. The lowest BCUT2D eigenvalue weighted by Gasteiger charge is -2.28. The number of aromatic nitrogens is 1. The molecule has 0 saturated carbocycles. The number of nitrogens with one attached hydrogen (secondary N) is 1. The molecule has 0 bridgehead atoms. The van der Waals surface area contributed by atoms with Gasteiger partial charge < -0.3 is 24.3 Å². The van der Waals surface area contributed by atoms with E-state index in [-0.39, 0.29) is 13.2 Å². The molecule has 1 N–H and O–H groups in total. The van der Waals surface area contributed by atoms with Crippen LogP contribution >= 0.6 is 11.3 Å². The molecular weight excluding hydrogens is 516 g/mol. The number of thiazole rings is 1. The third-order valence-corrected chi connectivity index (χ3v) is 7.53. The Morgan fingerprint density at radius 1 is 0.795 bits per heavy atom. The van der Waals surface area contributed by atoms with Gasteiger partial charge in [-0.2, -0.15) is 0 Å². The van der Waals surface area contributed by atoms with E-state index in [9.17, 15) is 9.59 Å². The van der Waals surface area contributed by atoms with E-state index in [1.807, 2.05) is 48.5 Å². The van der Waals surface area contributed by atoms with Crippen molar-refractivity contribution in [1.29, 1.82) is 0 Å². The summed E-state index contributed by atoms with van der Waals surface area (Å²) in [6.45, 7) is 7.50. The number of esters is 2. The van der Waals surface area contributed by atoms with Gasteiger partial charge in [0.05, 0.1) is 55.1 Å². The molecule has 0 unspecified atom stereocenters. The first kappa shape index (κ1) is 27.9. The topological polar surface area (TPSA) is 96.0 Å². The number of allylic oxidation sites excluding steroid dienone is 2. The molecule has 1 aromatic heterocycles. The summed E-state index contributed by atoms with van der Waals surface area (Å²) in [5.41, 5.74) is 4.41. The average molecular weight is 549 g/mol. The van der Waals surface area contributed by atoms with Gasteiger partial charge in [-0.25, -0.2) is 14.6 Å². The van der Waals surface area contributed by atoms with E-state index in [0.717, 1.165) is 33.2 Å². The zero-order valence-electron chi connectivity index (χ0n) is 22.9. The lowest BCUT2D eigenvalue weighted by molar-refractivity contribution is -0.139. The third kappa shape index (κ3) is 5.68. The van der Waals surface area contributed by atoms with Crippen LogP contribution in [-0.4, -0.2) is 44.4 Å². The number of ether oxygens (including phenoxy) is 4. The minimum Gasteiger partial charge on any atom is -0.497 e. The monoisotopic (exact) mass is 548 g/mol. The van der Waals surface area contributed by atoms with Crippen molar-refractivity contribution in [2.75, 3.05) is 27.4 Å². The van der Waals surface area contributed by atoms with Gasteiger partial charge in [-0.15, -0.1) is 11.3 Å². The number of carbonyl (C=O) groups is 2. The van der Waals surface area contributed by atoms with Crippen LogP contribution < -0.4 is 14.8 Å². The Bertz CT molecular complexity index is 1320. The number of carbonyl (C=O) groups excluding carboxylic acids is 2. The smallest absolute Gasteiger partial charge is 0.336 e. The van der Waals surface area contributed by atoms with Gasteiger partial charge in [0, 0.05) is 17.0 Å². The Morgan fingerprint density at radius 2 is 1.26 bits per heavy atom. The molecular formula is C30H32N2O6S. The highest BCUT2D eigenvalue weighted by molar-refractivity contribution is 7.15. The van der Waals surface area contributed by atoms with Crippen LogP contribution in [0.1, 0.15) is 38.6 Å². The summed E-state index contributed by atoms with van der Waals surface area (Å²) in [7, 11) is 3.24. The van der Waals surface area contributed by atoms with Gasteiger partial charge in [-0.3, -0.25) is 0 Å². The molecule has 1 aliphatic rings. The minimum absolute atomic E-state index is 0.200. The highest BCUT2D eigenvalue weighted by Gasteiger charge is 2.40. The summed E-state index contributed by atoms with van der Waals surface area (Å²) >= 11 is 1.43. The number of dihydropyridines is 1. The molecule has 9 heteroatoms. The van der Waals surface area contributed by atoms with Crippen molar-refractivity contribution in [3.05, 3.63) is 76.1 Å². The van der Waals surface area contributed by atoms with Crippen LogP contribution in [0.4, 0.5) is 0 Å². The highest BCUT2D eigenvalue weighted by atomic mass is 32.1. The number of benzene rings is 2. The maximum atomic E-state index is 13.3. The summed E-state index contributed by atoms with van der Waals surface area (Å²) in [6, 6.07) is 15.3. The quantitative estimate of drug-likeness (QED) is 0.333. The van der Waals surface area contributed by atoms with Crippen molar-refractivity contribution in [3.63, 3.8) is 0 Å². The van der Waals surface area contributed by atoms with Crippen LogP contribution in [0.5, 0.6) is 11.5 Å². The van der Waals surface area contributed by atoms with Gasteiger partial charge in [0.1, 0.15) is 16.5 Å². The predicted molar refractivity (Wildman–Crippen MR) is 151 cm³/mol. The van der Waals surface area contributed by atoms with Gasteiger partial charge in [-0.05, 0) is 81.8 Å². The maximum absolute atomic E-state index is 13.3. The zero-order valence-corrected chi connectivity index (χ0v) is 23.7. The first-order chi connectivity index (χ1) is 18.8. The number of rotatable bonds is 9. The molecule has 0 spiro atoms. The molecule has 0 amide bonds. The standard InChI is InChI=1S/C30H32N2O6S/c1-7-37-29(33)23-17(3)31-18(4)24(30(34)38-8-2)25(23)28-32-26(19-9-13-21(35-5)14-10-19)27(39-28)20-11-15-22(36-6)16-12-20/h9-16,25,31H,7-8H2,1-6H3. The predicted octanol–water partition coefficient (Wildman–Crippen LogP) is 5.86. The molecule has 204 valence electrons. The summed E-state index contributed by atoms with van der Waals surface area (Å²) < 4.78 is 21.5. The number of nitrogens with zero attached hydrogens (tertiary/aromatic N) is 1. The first-order valence-corrected chi connectivity index (χ1v) is 13.5. The van der Waals surface area contributed by atoms with Gasteiger partial charge in [-0.1, -0.05) is 0 Å². The van der Waals surface area contributed by atoms with E-state index < -0.39 is 17.9 Å². The van der Waals surface area contributed by atoms with E-state index >= 15 is 0 Å². The van der Waals surface area contributed by atoms with Crippen LogP contribution in [0.25, 0.3) is 21.7 Å². The first-order valence-electron chi connectivity index (χ1n) is 12.6. The van der Waals surface area contributed by atoms with Gasteiger partial charge in [0.2, 0.25) is 0 Å². The van der Waals surface area contributed by atoms with Crippen molar-refractivity contribution < 1.29 is 28.5 Å². The van der Waals surface area contributed by atoms with Crippen LogP contribution in [0.3, 0.4) is 0 Å². The second-order valence-electron chi connectivity index (χ2n) is 8.76. The third-order valence-electron chi connectivity index (χ3n) is 6.36. The minimum atomic E-state index is -0.765. The van der Waals surface area contributed by atoms with Crippen molar-refractivity contribution in [1.82, 2.24) is 10.3 Å². The molecule has 0 saturated heterocycles. The average Bonchev–Trinajstić information content (AvgIpc) is 3.38. The Labute approximate surface area is 232 Å². The van der Waals surface area contributed by atoms with Gasteiger partial charge in [0.15, 0.2) is 0 Å². The Hall–Kier alpha value is -4.11. The molecule has 2 heterocycles. The molecule has 0 fully saturated rings. The largest absolute Gasteiger partial charge is 0.497 e. The number of hydrogen-bond acceptors (Lipinski definition) is 9. The normalized spacial score (nSPS) is 13.7. The number of hydrogen-bond donors (Lipinski definition) is 1. The molecule has 39 heavy (non-hydrogen) atoms. The lowest BCUT2D eigenvalue weighted by Crippen LogP contribution is -2.32. The summed E-state index contributed by atoms with van der Waals surface area (Å²) in [5, 5.41) is 3.76. The van der Waals surface area contributed by atoms with Crippen LogP contribution in [0, 0.1) is 0 Å². The van der Waals surface area contributed by atoms with E-state index in [1.165, 1.54) is 11.3 Å². The number of methoxy groups -OCH3 is 2. The van der Waals surface area contributed by atoms with Crippen LogP contribution in [0.2, 0.25) is 0 Å². The van der Waals surface area contributed by atoms with Crippen LogP contribution in [-0.2, 0) is 19.1 Å². The summed E-state index contributed by atoms with van der Waals surface area (Å²) in [6.07, 6.45) is 0. The Morgan fingerprint density at radius 3 is 1.69 bits per heavy atom. The molecule has 4 rings (SSSR count). The fraction of sp³-hybridized carbons (Fsp3) is 0.300. The molecule has 2 aromatic carbocycles. The van der Waals surface area contributed by atoms with Crippen LogP contribution in [0.15, 0.2) is 71.1 Å². The molecule has 1 aliphatic heterocycles. The Kier molecular flexibility index (Phi) is 8.71. The summed E-state index contributed by atoms with van der Waals surface area (Å²) in [5.74, 6) is -0.314. The van der Waals surface area contributed by atoms with E-state index in [4.69, 9.17) is 23.9 Å². The van der Waals surface area contributed by atoms with Crippen molar-refractivity contribution >= 4 is 23.3 Å². The second-order valence-corrected chi connectivity index (χ2v) is 9.79. The highest BCUT2D eigenvalue weighted by Crippen LogP contribution is 2.46. The van der Waals surface area contributed by atoms with E-state index in [0.29, 0.717) is 27.5 Å². The fourth-order valence-electron chi connectivity index (χ4n) is 4.54. The summed E-state index contributed by atoms with van der Waals surface area (Å²) in [4.78, 5) is 32.5. The second kappa shape index (κ2) is 12.2. The van der Waals surface area contributed by atoms with Crippen molar-refractivity contribution in [2.24, 2.45) is 0 Å². The molecule has 0 radical (unpaired) electrons. The van der Waals surface area contributed by atoms with Gasteiger partial charge >= 0.3 is 11.9 Å². The van der Waals surface area contributed by atoms with Crippen molar-refractivity contribution in [3.8, 4) is 33.2 Å². The molecule has 0 aliphatic carbocycles.